The van der Waals surface area contributed by atoms with Crippen LogP contribution in [0.4, 0.5) is 0 Å². The summed E-state index contributed by atoms with van der Waals surface area (Å²) in [6, 6.07) is 5.50. The Kier molecular flexibility index (Phi) is 8.38. The second-order valence-electron chi connectivity index (χ2n) is 5.09. The molecule has 3 nitrogen and oxygen atoms in total. The zero-order valence-electron chi connectivity index (χ0n) is 12.4. The zero-order chi connectivity index (χ0) is 15.0. The smallest absolute Gasteiger partial charge is 0.119 e. The molecule has 2 N–H and O–H groups in total. The van der Waals surface area contributed by atoms with E-state index in [1.54, 1.807) is 6.07 Å². The molecule has 0 saturated carbocycles. The second kappa shape index (κ2) is 9.50. The predicted molar refractivity (Wildman–Crippen MR) is 88.1 cm³/mol. The number of hydrogen-bond acceptors (Lipinski definition) is 4. The van der Waals surface area contributed by atoms with Gasteiger partial charge in [-0.3, -0.25) is 0 Å². The fourth-order valence-electron chi connectivity index (χ4n) is 1.80. The number of aliphatic hydroxyl groups is 1. The first kappa shape index (κ1) is 17.6. The molecule has 114 valence electrons. The number of thioether (sulfide) groups is 1. The summed E-state index contributed by atoms with van der Waals surface area (Å²) in [7, 11) is 0. The van der Waals surface area contributed by atoms with Crippen molar-refractivity contribution < 1.29 is 9.84 Å². The summed E-state index contributed by atoms with van der Waals surface area (Å²) in [6.07, 6.45) is 1.60. The molecule has 0 aliphatic rings. The molecule has 0 radical (unpaired) electrons. The van der Waals surface area contributed by atoms with Crippen LogP contribution in [0.15, 0.2) is 18.2 Å². The van der Waals surface area contributed by atoms with Crippen LogP contribution >= 0.6 is 23.4 Å². The Balaban J connectivity index is 2.22. The first-order valence-electron chi connectivity index (χ1n) is 6.79. The lowest BCUT2D eigenvalue weighted by molar-refractivity contribution is 0.106. The maximum atomic E-state index is 9.86. The van der Waals surface area contributed by atoms with Crippen molar-refractivity contribution in [3.8, 4) is 5.75 Å². The topological polar surface area (TPSA) is 41.5 Å². The normalized spacial score (nSPS) is 14.1. The number of aryl methyl sites for hydroxylation is 1. The monoisotopic (exact) mass is 317 g/mol. The summed E-state index contributed by atoms with van der Waals surface area (Å²) in [5.74, 6) is 2.47. The van der Waals surface area contributed by atoms with Crippen LogP contribution in [-0.2, 0) is 0 Å². The number of aliphatic hydroxyl groups excluding tert-OH is 1. The van der Waals surface area contributed by atoms with E-state index in [2.05, 4.69) is 18.5 Å². The van der Waals surface area contributed by atoms with Gasteiger partial charge in [-0.1, -0.05) is 18.5 Å². The molecule has 2 atom stereocenters. The van der Waals surface area contributed by atoms with Gasteiger partial charge in [-0.2, -0.15) is 11.8 Å². The molecule has 1 rings (SSSR count). The largest absolute Gasteiger partial charge is 0.491 e. The van der Waals surface area contributed by atoms with Gasteiger partial charge < -0.3 is 15.2 Å². The van der Waals surface area contributed by atoms with Crippen LogP contribution in [-0.4, -0.2) is 42.9 Å². The number of nitrogens with one attached hydrogen (secondary N) is 1. The molecule has 1 aromatic rings. The Labute approximate surface area is 131 Å². The minimum atomic E-state index is -0.507. The fraction of sp³-hybridized carbons (Fsp3) is 0.600. The summed E-state index contributed by atoms with van der Waals surface area (Å²) in [6.45, 7) is 5.87. The van der Waals surface area contributed by atoms with Gasteiger partial charge in [0.1, 0.15) is 18.5 Å². The van der Waals surface area contributed by atoms with Gasteiger partial charge in [0, 0.05) is 11.6 Å². The number of halogens is 1. The molecule has 0 bridgehead atoms. The molecular formula is C15H24ClNO2S. The van der Waals surface area contributed by atoms with Crippen LogP contribution in [0.1, 0.15) is 12.5 Å². The molecule has 20 heavy (non-hydrogen) atoms. The van der Waals surface area contributed by atoms with Crippen LogP contribution in [0.2, 0.25) is 5.02 Å². The van der Waals surface area contributed by atoms with Crippen molar-refractivity contribution >= 4 is 23.4 Å². The molecule has 0 amide bonds. The van der Waals surface area contributed by atoms with Gasteiger partial charge in [-0.05, 0) is 55.2 Å². The molecule has 5 heteroatoms. The van der Waals surface area contributed by atoms with E-state index in [0.29, 0.717) is 12.5 Å². The molecular weight excluding hydrogens is 294 g/mol. The van der Waals surface area contributed by atoms with Gasteiger partial charge in [0.2, 0.25) is 0 Å². The van der Waals surface area contributed by atoms with E-state index in [1.165, 1.54) is 0 Å². The quantitative estimate of drug-likeness (QED) is 0.735. The van der Waals surface area contributed by atoms with E-state index in [1.807, 2.05) is 30.8 Å². The van der Waals surface area contributed by atoms with Crippen LogP contribution in [0.3, 0.4) is 0 Å². The van der Waals surface area contributed by atoms with Crippen LogP contribution < -0.4 is 10.1 Å². The highest BCUT2D eigenvalue weighted by Gasteiger charge is 2.07. The maximum absolute atomic E-state index is 9.86. The Bertz CT molecular complexity index is 403. The molecule has 0 saturated heterocycles. The third-order valence-electron chi connectivity index (χ3n) is 2.90. The number of benzene rings is 1. The van der Waals surface area contributed by atoms with Gasteiger partial charge in [-0.15, -0.1) is 0 Å². The number of ether oxygens (including phenoxy) is 1. The van der Waals surface area contributed by atoms with Crippen molar-refractivity contribution in [2.45, 2.75) is 20.0 Å². The van der Waals surface area contributed by atoms with Crippen molar-refractivity contribution in [3.05, 3.63) is 28.8 Å². The summed E-state index contributed by atoms with van der Waals surface area (Å²) >= 11 is 7.79. The van der Waals surface area contributed by atoms with Crippen LogP contribution in [0.5, 0.6) is 5.75 Å². The van der Waals surface area contributed by atoms with Gasteiger partial charge in [0.25, 0.3) is 0 Å². The number of hydrogen-bond donors (Lipinski definition) is 2. The Morgan fingerprint density at radius 2 is 2.15 bits per heavy atom. The van der Waals surface area contributed by atoms with Crippen LogP contribution in [0.25, 0.3) is 0 Å². The van der Waals surface area contributed by atoms with Crippen molar-refractivity contribution in [2.24, 2.45) is 5.92 Å². The van der Waals surface area contributed by atoms with Gasteiger partial charge in [0.05, 0.1) is 0 Å². The molecule has 1 aromatic carbocycles. The Morgan fingerprint density at radius 1 is 1.40 bits per heavy atom. The molecule has 0 aliphatic carbocycles. The molecule has 0 spiro atoms. The summed E-state index contributed by atoms with van der Waals surface area (Å²) in [5.41, 5.74) is 0.975. The lowest BCUT2D eigenvalue weighted by Crippen LogP contribution is -2.34. The molecule has 0 aromatic heterocycles. The first-order chi connectivity index (χ1) is 9.52. The van der Waals surface area contributed by atoms with Crippen molar-refractivity contribution in [2.75, 3.05) is 31.7 Å². The van der Waals surface area contributed by atoms with Gasteiger partial charge in [0.15, 0.2) is 0 Å². The highest BCUT2D eigenvalue weighted by molar-refractivity contribution is 7.98. The summed E-state index contributed by atoms with van der Waals surface area (Å²) in [5, 5.41) is 13.8. The predicted octanol–water partition coefficient (Wildman–Crippen LogP) is 2.98. The fourth-order valence-corrected chi connectivity index (χ4v) is 2.60. The average molecular weight is 318 g/mol. The highest BCUT2D eigenvalue weighted by atomic mass is 35.5. The lowest BCUT2D eigenvalue weighted by atomic mass is 10.2. The van der Waals surface area contributed by atoms with E-state index in [4.69, 9.17) is 16.3 Å². The summed E-state index contributed by atoms with van der Waals surface area (Å²) in [4.78, 5) is 0. The highest BCUT2D eigenvalue weighted by Crippen LogP contribution is 2.21. The Hall–Kier alpha value is -0.420. The van der Waals surface area contributed by atoms with E-state index in [-0.39, 0.29) is 6.61 Å². The van der Waals surface area contributed by atoms with E-state index in [0.717, 1.165) is 28.6 Å². The van der Waals surface area contributed by atoms with Crippen molar-refractivity contribution in [1.82, 2.24) is 5.32 Å². The third kappa shape index (κ3) is 6.84. The summed E-state index contributed by atoms with van der Waals surface area (Å²) < 4.78 is 5.56. The second-order valence-corrected chi connectivity index (χ2v) is 6.41. The minimum absolute atomic E-state index is 0.283. The van der Waals surface area contributed by atoms with Gasteiger partial charge >= 0.3 is 0 Å². The molecule has 0 heterocycles. The third-order valence-corrected chi connectivity index (χ3v) is 4.22. The van der Waals surface area contributed by atoms with E-state index >= 15 is 0 Å². The van der Waals surface area contributed by atoms with Gasteiger partial charge in [-0.25, -0.2) is 0 Å². The minimum Gasteiger partial charge on any atom is -0.491 e. The molecule has 0 aliphatic heterocycles. The number of rotatable bonds is 9. The SMILES string of the molecule is CSCC(C)CNCC(O)COc1ccc(Cl)c(C)c1. The zero-order valence-corrected chi connectivity index (χ0v) is 13.9. The average Bonchev–Trinajstić information content (AvgIpc) is 2.40. The standard InChI is InChI=1S/C15H24ClNO2S/c1-11(10-20-3)7-17-8-13(18)9-19-14-4-5-15(16)12(2)6-14/h4-6,11,13,17-18H,7-10H2,1-3H3. The van der Waals surface area contributed by atoms with Crippen LogP contribution in [0, 0.1) is 12.8 Å². The van der Waals surface area contributed by atoms with E-state index in [9.17, 15) is 5.11 Å². The molecule has 2 unspecified atom stereocenters. The first-order valence-corrected chi connectivity index (χ1v) is 8.56. The molecule has 0 fully saturated rings. The van der Waals surface area contributed by atoms with E-state index < -0.39 is 6.10 Å². The Morgan fingerprint density at radius 3 is 2.80 bits per heavy atom. The van der Waals surface area contributed by atoms with Crippen molar-refractivity contribution in [3.63, 3.8) is 0 Å². The van der Waals surface area contributed by atoms with Crippen molar-refractivity contribution in [1.29, 1.82) is 0 Å². The lowest BCUT2D eigenvalue weighted by Gasteiger charge is -2.16. The maximum Gasteiger partial charge on any atom is 0.119 e.